The zero-order valence-electron chi connectivity index (χ0n) is 10.3. The van der Waals surface area contributed by atoms with E-state index in [4.69, 9.17) is 0 Å². The third-order valence-electron chi connectivity index (χ3n) is 2.87. The number of hydrogen-bond acceptors (Lipinski definition) is 3. The van der Waals surface area contributed by atoms with Crippen LogP contribution < -0.4 is 10.6 Å². The Balaban J connectivity index is 1.93. The Morgan fingerprint density at radius 1 is 1.65 bits per heavy atom. The summed E-state index contributed by atoms with van der Waals surface area (Å²) >= 11 is 0. The van der Waals surface area contributed by atoms with Gasteiger partial charge in [0, 0.05) is 20.1 Å². The fourth-order valence-corrected chi connectivity index (χ4v) is 1.94. The van der Waals surface area contributed by atoms with Gasteiger partial charge in [0.05, 0.1) is 5.69 Å². The molecule has 5 heteroatoms. The SMILES string of the molecule is Cc1cc(C(=O)NCC2=CCNCC2)n(C)n1. The summed E-state index contributed by atoms with van der Waals surface area (Å²) in [5.74, 6) is -0.0625. The highest BCUT2D eigenvalue weighted by Gasteiger charge is 2.12. The summed E-state index contributed by atoms with van der Waals surface area (Å²) < 4.78 is 1.61. The molecule has 0 saturated heterocycles. The molecule has 0 spiro atoms. The van der Waals surface area contributed by atoms with E-state index in [0.29, 0.717) is 12.2 Å². The number of hydrogen-bond donors (Lipinski definition) is 2. The lowest BCUT2D eigenvalue weighted by atomic mass is 10.1. The largest absolute Gasteiger partial charge is 0.347 e. The molecular weight excluding hydrogens is 216 g/mol. The van der Waals surface area contributed by atoms with Crippen molar-refractivity contribution in [3.8, 4) is 0 Å². The van der Waals surface area contributed by atoms with Crippen LogP contribution in [0, 0.1) is 6.92 Å². The highest BCUT2D eigenvalue weighted by molar-refractivity contribution is 5.92. The predicted molar refractivity (Wildman–Crippen MR) is 65.8 cm³/mol. The van der Waals surface area contributed by atoms with Crippen molar-refractivity contribution in [3.63, 3.8) is 0 Å². The van der Waals surface area contributed by atoms with Gasteiger partial charge in [-0.2, -0.15) is 5.10 Å². The molecule has 5 nitrogen and oxygen atoms in total. The molecule has 17 heavy (non-hydrogen) atoms. The fourth-order valence-electron chi connectivity index (χ4n) is 1.94. The third kappa shape index (κ3) is 2.94. The predicted octanol–water partition coefficient (Wildman–Crippen LogP) is 0.378. The summed E-state index contributed by atoms with van der Waals surface area (Å²) in [6.45, 7) is 4.40. The van der Waals surface area contributed by atoms with Crippen LogP contribution in [0.25, 0.3) is 0 Å². The number of aryl methyl sites for hydroxylation is 2. The van der Waals surface area contributed by atoms with E-state index in [1.165, 1.54) is 5.57 Å². The normalized spacial score (nSPS) is 15.5. The summed E-state index contributed by atoms with van der Waals surface area (Å²) in [6, 6.07) is 1.80. The van der Waals surface area contributed by atoms with Gasteiger partial charge < -0.3 is 10.6 Å². The monoisotopic (exact) mass is 234 g/mol. The first-order valence-electron chi connectivity index (χ1n) is 5.84. The molecule has 2 heterocycles. The van der Waals surface area contributed by atoms with Gasteiger partial charge in [-0.25, -0.2) is 0 Å². The minimum Gasteiger partial charge on any atom is -0.347 e. The van der Waals surface area contributed by atoms with Gasteiger partial charge in [-0.15, -0.1) is 0 Å². The number of nitrogens with one attached hydrogen (secondary N) is 2. The van der Waals surface area contributed by atoms with Crippen LogP contribution in [-0.2, 0) is 7.05 Å². The third-order valence-corrected chi connectivity index (χ3v) is 2.87. The number of carbonyl (C=O) groups excluding carboxylic acids is 1. The van der Waals surface area contributed by atoms with E-state index in [2.05, 4.69) is 21.8 Å². The van der Waals surface area contributed by atoms with Gasteiger partial charge in [-0.1, -0.05) is 11.6 Å². The molecular formula is C12H18N4O. The highest BCUT2D eigenvalue weighted by atomic mass is 16.2. The second kappa shape index (κ2) is 5.14. The smallest absolute Gasteiger partial charge is 0.269 e. The Labute approximate surface area is 101 Å². The molecule has 0 saturated carbocycles. The quantitative estimate of drug-likeness (QED) is 0.743. The average molecular weight is 234 g/mol. The molecule has 92 valence electrons. The minimum atomic E-state index is -0.0625. The molecule has 0 unspecified atom stereocenters. The number of aromatic nitrogens is 2. The molecule has 1 aromatic heterocycles. The fraction of sp³-hybridized carbons (Fsp3) is 0.500. The van der Waals surface area contributed by atoms with Crippen LogP contribution in [-0.4, -0.2) is 35.3 Å². The van der Waals surface area contributed by atoms with E-state index in [1.54, 1.807) is 17.8 Å². The molecule has 0 aromatic carbocycles. The van der Waals surface area contributed by atoms with Crippen molar-refractivity contribution in [3.05, 3.63) is 29.1 Å². The van der Waals surface area contributed by atoms with Crippen molar-refractivity contribution in [1.29, 1.82) is 0 Å². The van der Waals surface area contributed by atoms with Crippen LogP contribution in [0.1, 0.15) is 22.6 Å². The molecule has 0 fully saturated rings. The van der Waals surface area contributed by atoms with Crippen molar-refractivity contribution >= 4 is 5.91 Å². The molecule has 1 aliphatic heterocycles. The van der Waals surface area contributed by atoms with Crippen LogP contribution >= 0.6 is 0 Å². The lowest BCUT2D eigenvalue weighted by Gasteiger charge is -2.14. The van der Waals surface area contributed by atoms with Gasteiger partial charge in [0.1, 0.15) is 5.69 Å². The second-order valence-electron chi connectivity index (χ2n) is 4.29. The van der Waals surface area contributed by atoms with Crippen LogP contribution in [0.15, 0.2) is 17.7 Å². The van der Waals surface area contributed by atoms with Crippen molar-refractivity contribution in [2.24, 2.45) is 7.05 Å². The van der Waals surface area contributed by atoms with Crippen LogP contribution in [0.2, 0.25) is 0 Å². The van der Waals surface area contributed by atoms with Gasteiger partial charge >= 0.3 is 0 Å². The van der Waals surface area contributed by atoms with Gasteiger partial charge in [0.25, 0.3) is 5.91 Å². The van der Waals surface area contributed by atoms with Gasteiger partial charge in [-0.05, 0) is 26.0 Å². The van der Waals surface area contributed by atoms with E-state index >= 15 is 0 Å². The molecule has 0 radical (unpaired) electrons. The molecule has 1 aromatic rings. The highest BCUT2D eigenvalue weighted by Crippen LogP contribution is 2.04. The summed E-state index contributed by atoms with van der Waals surface area (Å²) in [7, 11) is 1.78. The maximum atomic E-state index is 11.9. The second-order valence-corrected chi connectivity index (χ2v) is 4.29. The van der Waals surface area contributed by atoms with Crippen molar-refractivity contribution in [2.45, 2.75) is 13.3 Å². The molecule has 0 atom stereocenters. The lowest BCUT2D eigenvalue weighted by Crippen LogP contribution is -2.30. The van der Waals surface area contributed by atoms with Crippen molar-refractivity contribution in [1.82, 2.24) is 20.4 Å². The lowest BCUT2D eigenvalue weighted by molar-refractivity contribution is 0.0947. The minimum absolute atomic E-state index is 0.0625. The number of carbonyl (C=O) groups is 1. The molecule has 1 aliphatic rings. The summed E-state index contributed by atoms with van der Waals surface area (Å²) in [6.07, 6.45) is 3.14. The van der Waals surface area contributed by atoms with Gasteiger partial charge in [0.2, 0.25) is 0 Å². The van der Waals surface area contributed by atoms with Crippen LogP contribution in [0.3, 0.4) is 0 Å². The first-order chi connectivity index (χ1) is 8.16. The number of nitrogens with zero attached hydrogens (tertiary/aromatic N) is 2. The number of rotatable bonds is 3. The molecule has 1 amide bonds. The Morgan fingerprint density at radius 3 is 3.06 bits per heavy atom. The van der Waals surface area contributed by atoms with Crippen molar-refractivity contribution in [2.75, 3.05) is 19.6 Å². The van der Waals surface area contributed by atoms with Gasteiger partial charge in [0.15, 0.2) is 0 Å². The first kappa shape index (κ1) is 11.9. The van der Waals surface area contributed by atoms with E-state index in [1.807, 2.05) is 6.92 Å². The Bertz CT molecular complexity index is 447. The Kier molecular flexibility index (Phi) is 3.58. The van der Waals surface area contributed by atoms with Crippen LogP contribution in [0.4, 0.5) is 0 Å². The molecule has 0 bridgehead atoms. The molecule has 0 aliphatic carbocycles. The van der Waals surface area contributed by atoms with E-state index in [9.17, 15) is 4.79 Å². The number of amides is 1. The van der Waals surface area contributed by atoms with E-state index < -0.39 is 0 Å². The average Bonchev–Trinajstić information content (AvgIpc) is 2.67. The zero-order valence-corrected chi connectivity index (χ0v) is 10.3. The van der Waals surface area contributed by atoms with Crippen LogP contribution in [0.5, 0.6) is 0 Å². The Morgan fingerprint density at radius 2 is 2.47 bits per heavy atom. The topological polar surface area (TPSA) is 59.0 Å². The first-order valence-corrected chi connectivity index (χ1v) is 5.84. The zero-order chi connectivity index (χ0) is 12.3. The maximum absolute atomic E-state index is 11.9. The molecule has 2 rings (SSSR count). The summed E-state index contributed by atoms with van der Waals surface area (Å²) in [5, 5.41) is 10.3. The summed E-state index contributed by atoms with van der Waals surface area (Å²) in [5.41, 5.74) is 2.76. The standard InChI is InChI=1S/C12H18N4O/c1-9-7-11(16(2)15-9)12(17)14-8-10-3-5-13-6-4-10/h3,7,13H,4-6,8H2,1-2H3,(H,14,17). The molecule has 2 N–H and O–H groups in total. The van der Waals surface area contributed by atoms with Crippen molar-refractivity contribution < 1.29 is 4.79 Å². The summed E-state index contributed by atoms with van der Waals surface area (Å²) in [4.78, 5) is 11.9. The van der Waals surface area contributed by atoms with E-state index in [0.717, 1.165) is 25.2 Å². The van der Waals surface area contributed by atoms with Gasteiger partial charge in [-0.3, -0.25) is 9.48 Å². The maximum Gasteiger partial charge on any atom is 0.269 e. The Hall–Kier alpha value is -1.62. The van der Waals surface area contributed by atoms with E-state index in [-0.39, 0.29) is 5.91 Å².